The normalized spacial score (nSPS) is 12.2. The van der Waals surface area contributed by atoms with E-state index in [9.17, 15) is 13.0 Å². The predicted molar refractivity (Wildman–Crippen MR) is 80.9 cm³/mol. The molecule has 5 nitrogen and oxygen atoms in total. The summed E-state index contributed by atoms with van der Waals surface area (Å²) in [6.45, 7) is 3.55. The van der Waals surface area contributed by atoms with Crippen molar-refractivity contribution >= 4 is 29.7 Å². The highest BCUT2D eigenvalue weighted by Gasteiger charge is 2.34. The van der Waals surface area contributed by atoms with Gasteiger partial charge in [-0.2, -0.15) is 0 Å². The molecule has 0 amide bonds. The van der Waals surface area contributed by atoms with Crippen LogP contribution >= 0.6 is 19.9 Å². The standard InChI is InChI=1S/C6H13ClO2S.C6H5O3P/c1-4-6(7,5-2)10(3,8)9;7-10(8)9-6-4-2-1-3-5-6/h4-5H2,1-3H3;1-5H/p+1. The summed E-state index contributed by atoms with van der Waals surface area (Å²) in [7, 11) is -5.63. The van der Waals surface area contributed by atoms with Gasteiger partial charge in [-0.1, -0.05) is 32.0 Å². The molecule has 0 heterocycles. The van der Waals surface area contributed by atoms with E-state index in [-0.39, 0.29) is 0 Å². The SMILES string of the molecule is CCC(Cl)(CC)S(C)(=O)=O.O=[P+](O)Oc1ccccc1. The fraction of sp³-hybridized carbons (Fsp3) is 0.500. The first-order valence-electron chi connectivity index (χ1n) is 5.94. The zero-order valence-electron chi connectivity index (χ0n) is 11.6. The maximum atomic E-state index is 11.0. The number of rotatable bonds is 5. The fourth-order valence-corrected chi connectivity index (χ4v) is 2.70. The number of halogens is 1. The molecular weight excluding hydrogens is 323 g/mol. The molecule has 1 N–H and O–H groups in total. The van der Waals surface area contributed by atoms with Crippen molar-refractivity contribution in [1.82, 2.24) is 0 Å². The third-order valence-electron chi connectivity index (χ3n) is 2.65. The Bertz CT molecular complexity index is 514. The molecule has 0 aliphatic carbocycles. The van der Waals surface area contributed by atoms with E-state index in [1.54, 1.807) is 44.2 Å². The van der Waals surface area contributed by atoms with Gasteiger partial charge >= 0.3 is 8.25 Å². The molecule has 8 heteroatoms. The Labute approximate surface area is 125 Å². The van der Waals surface area contributed by atoms with Crippen LogP contribution in [0.25, 0.3) is 0 Å². The highest BCUT2D eigenvalue weighted by molar-refractivity contribution is 7.93. The lowest BCUT2D eigenvalue weighted by molar-refractivity contribution is 0.410. The minimum absolute atomic E-state index is 0.408. The summed E-state index contributed by atoms with van der Waals surface area (Å²) in [5.41, 5.74) is 0. The van der Waals surface area contributed by atoms with Crippen LogP contribution in [0.3, 0.4) is 0 Å². The molecule has 0 spiro atoms. The molecule has 1 aromatic carbocycles. The molecule has 0 bridgehead atoms. The summed E-state index contributed by atoms with van der Waals surface area (Å²) in [5, 5.41) is 0. The minimum atomic E-state index is -3.10. The van der Waals surface area contributed by atoms with Crippen molar-refractivity contribution in [3.05, 3.63) is 30.3 Å². The summed E-state index contributed by atoms with van der Waals surface area (Å²) in [4.78, 5) is 8.29. The van der Waals surface area contributed by atoms with Crippen LogP contribution in [0.5, 0.6) is 5.75 Å². The van der Waals surface area contributed by atoms with Crippen LogP contribution < -0.4 is 4.52 Å². The van der Waals surface area contributed by atoms with Gasteiger partial charge < -0.3 is 0 Å². The number of sulfone groups is 1. The second-order valence-electron chi connectivity index (χ2n) is 4.00. The van der Waals surface area contributed by atoms with Gasteiger partial charge in [0.1, 0.15) is 4.21 Å². The molecule has 1 rings (SSSR count). The van der Waals surface area contributed by atoms with Gasteiger partial charge in [0.05, 0.1) is 0 Å². The van der Waals surface area contributed by atoms with E-state index in [4.69, 9.17) is 16.5 Å². The lowest BCUT2D eigenvalue weighted by Gasteiger charge is -2.20. The van der Waals surface area contributed by atoms with Crippen molar-refractivity contribution in [3.8, 4) is 5.75 Å². The maximum Gasteiger partial charge on any atom is 0.747 e. The van der Waals surface area contributed by atoms with Crippen LogP contribution in [0, 0.1) is 0 Å². The summed E-state index contributed by atoms with van der Waals surface area (Å²) >= 11 is 5.80. The molecule has 1 aromatic rings. The Morgan fingerprint density at radius 1 is 1.25 bits per heavy atom. The van der Waals surface area contributed by atoms with Crippen molar-refractivity contribution < 1.29 is 22.4 Å². The quantitative estimate of drug-likeness (QED) is 0.654. The third kappa shape index (κ3) is 6.66. The number of hydrogen-bond acceptors (Lipinski definition) is 4. The molecule has 0 fully saturated rings. The van der Waals surface area contributed by atoms with Crippen LogP contribution in [-0.2, 0) is 14.4 Å². The largest absolute Gasteiger partial charge is 0.747 e. The highest BCUT2D eigenvalue weighted by Crippen LogP contribution is 2.29. The molecule has 0 aromatic heterocycles. The Hall–Kier alpha value is -0.680. The first-order valence-corrected chi connectivity index (χ1v) is 9.34. The maximum absolute atomic E-state index is 11.0. The first kappa shape index (κ1) is 19.3. The molecule has 20 heavy (non-hydrogen) atoms. The predicted octanol–water partition coefficient (Wildman–Crippen LogP) is 3.50. The van der Waals surface area contributed by atoms with E-state index in [0.717, 1.165) is 0 Å². The topological polar surface area (TPSA) is 80.7 Å². The second-order valence-corrected chi connectivity index (χ2v) is 7.94. The van der Waals surface area contributed by atoms with Gasteiger partial charge in [-0.25, -0.2) is 12.9 Å². The average Bonchev–Trinajstić information content (AvgIpc) is 2.37. The Morgan fingerprint density at radius 3 is 1.95 bits per heavy atom. The smallest absolute Gasteiger partial charge is 0.229 e. The molecule has 0 aliphatic rings. The van der Waals surface area contributed by atoms with Crippen molar-refractivity contribution in [3.63, 3.8) is 0 Å². The van der Waals surface area contributed by atoms with Crippen LogP contribution in [0.2, 0.25) is 0 Å². The lowest BCUT2D eigenvalue weighted by Crippen LogP contribution is -2.29. The molecule has 1 atom stereocenters. The molecule has 0 saturated heterocycles. The van der Waals surface area contributed by atoms with Gasteiger partial charge in [0.2, 0.25) is 0 Å². The van der Waals surface area contributed by atoms with Crippen molar-refractivity contribution in [1.29, 1.82) is 0 Å². The van der Waals surface area contributed by atoms with Crippen LogP contribution in [0.1, 0.15) is 26.7 Å². The van der Waals surface area contributed by atoms with Crippen LogP contribution in [-0.4, -0.2) is 23.8 Å². The molecule has 0 aliphatic heterocycles. The Kier molecular flexibility index (Phi) is 8.28. The Morgan fingerprint density at radius 2 is 1.70 bits per heavy atom. The van der Waals surface area contributed by atoms with Gasteiger partial charge in [-0.15, -0.1) is 16.5 Å². The number of alkyl halides is 1. The fourth-order valence-electron chi connectivity index (χ4n) is 1.35. The molecular formula is C12H19ClO5PS+. The van der Waals surface area contributed by atoms with Crippen molar-refractivity contribution in [2.24, 2.45) is 0 Å². The zero-order chi connectivity index (χ0) is 15.8. The summed E-state index contributed by atoms with van der Waals surface area (Å²) in [6.07, 6.45) is 2.10. The zero-order valence-corrected chi connectivity index (χ0v) is 14.1. The summed E-state index contributed by atoms with van der Waals surface area (Å²) in [6, 6.07) is 8.49. The third-order valence-corrected chi connectivity index (χ3v) is 6.30. The van der Waals surface area contributed by atoms with E-state index in [0.29, 0.717) is 18.6 Å². The molecule has 114 valence electrons. The lowest BCUT2D eigenvalue weighted by atomic mass is 10.2. The van der Waals surface area contributed by atoms with Gasteiger partial charge in [-0.05, 0) is 25.0 Å². The van der Waals surface area contributed by atoms with Gasteiger partial charge in [0, 0.05) is 10.8 Å². The molecule has 0 saturated carbocycles. The number of para-hydroxylation sites is 1. The van der Waals surface area contributed by atoms with E-state index in [1.807, 2.05) is 0 Å². The monoisotopic (exact) mass is 341 g/mol. The number of hydrogen-bond donors (Lipinski definition) is 1. The van der Waals surface area contributed by atoms with E-state index >= 15 is 0 Å². The minimum Gasteiger partial charge on any atom is -0.229 e. The Balaban J connectivity index is 0.000000361. The average molecular weight is 342 g/mol. The van der Waals surface area contributed by atoms with E-state index < -0.39 is 22.3 Å². The highest BCUT2D eigenvalue weighted by atomic mass is 35.5. The summed E-state index contributed by atoms with van der Waals surface area (Å²) < 4.78 is 35.5. The van der Waals surface area contributed by atoms with E-state index in [2.05, 4.69) is 4.52 Å². The second kappa shape index (κ2) is 8.57. The van der Waals surface area contributed by atoms with Gasteiger partial charge in [0.25, 0.3) is 0 Å². The number of benzene rings is 1. The van der Waals surface area contributed by atoms with Crippen LogP contribution in [0.15, 0.2) is 30.3 Å². The van der Waals surface area contributed by atoms with Gasteiger partial charge in [0.15, 0.2) is 15.6 Å². The molecule has 1 unspecified atom stereocenters. The van der Waals surface area contributed by atoms with Crippen molar-refractivity contribution in [2.45, 2.75) is 30.9 Å². The van der Waals surface area contributed by atoms with Gasteiger partial charge in [-0.3, -0.25) is 0 Å². The molecule has 0 radical (unpaired) electrons. The van der Waals surface area contributed by atoms with Crippen LogP contribution in [0.4, 0.5) is 0 Å². The first-order chi connectivity index (χ1) is 9.16. The van der Waals surface area contributed by atoms with Crippen molar-refractivity contribution in [2.75, 3.05) is 6.26 Å². The van der Waals surface area contributed by atoms with E-state index in [1.165, 1.54) is 6.26 Å². The summed E-state index contributed by atoms with van der Waals surface area (Å²) in [5.74, 6) is 0.408.